The molecule has 12 saturated carbocycles. The van der Waals surface area contributed by atoms with Crippen molar-refractivity contribution in [2.75, 3.05) is 19.8 Å². The number of ether oxygens (including phenoxy) is 3. The van der Waals surface area contributed by atoms with E-state index in [1.165, 1.54) is 116 Å². The van der Waals surface area contributed by atoms with Gasteiger partial charge in [-0.05, 0) is 339 Å². The van der Waals surface area contributed by atoms with Crippen molar-refractivity contribution in [2.24, 2.45) is 104 Å². The monoisotopic (exact) mass is 1180 g/mol. The Morgan fingerprint density at radius 3 is 0.750 bits per heavy atom. The molecule has 24 atom stereocenters. The Kier molecular flexibility index (Phi) is 20.8. The van der Waals surface area contributed by atoms with E-state index in [0.29, 0.717) is 72.1 Å². The summed E-state index contributed by atoms with van der Waals surface area (Å²) < 4.78 is 18.9. The van der Waals surface area contributed by atoms with E-state index in [4.69, 9.17) is 14.2 Å². The molecule has 0 spiro atoms. The van der Waals surface area contributed by atoms with Gasteiger partial charge in [0.2, 0.25) is 0 Å². The van der Waals surface area contributed by atoms with E-state index in [9.17, 15) is 30.6 Å². The Morgan fingerprint density at radius 2 is 0.524 bits per heavy atom. The summed E-state index contributed by atoms with van der Waals surface area (Å²) in [7, 11) is 0. The zero-order valence-electron chi connectivity index (χ0n) is 54.8. The molecule has 0 aromatic carbocycles. The Hall–Kier alpha value is -0.360. The lowest BCUT2D eigenvalue weighted by Gasteiger charge is -2.61. The molecule has 12 rings (SSSR count). The third kappa shape index (κ3) is 13.6. The molecule has 0 amide bonds. The van der Waals surface area contributed by atoms with Gasteiger partial charge in [0, 0.05) is 0 Å². The molecule has 0 saturated heterocycles. The minimum Gasteiger partial charge on any atom is -0.390 e. The van der Waals surface area contributed by atoms with Crippen LogP contribution in [-0.4, -0.2) is 102 Å². The van der Waals surface area contributed by atoms with Gasteiger partial charge in [0.25, 0.3) is 0 Å². The first kappa shape index (κ1) is 71.1. The van der Waals surface area contributed by atoms with E-state index in [1.54, 1.807) is 0 Å². The largest absolute Gasteiger partial charge is 0.390 e. The third-order valence-corrected chi connectivity index (χ3v) is 28.5. The minimum atomic E-state index is -0.740. The molecule has 6 N–H and O–H groups in total. The Balaban J connectivity index is 0.000000178. The van der Waals surface area contributed by atoms with Crippen LogP contribution in [0.3, 0.4) is 0 Å². The molecule has 0 bridgehead atoms. The fraction of sp³-hybridized carbons (Fsp3) is 1.00. The molecule has 0 aliphatic heterocycles. The average Bonchev–Trinajstić information content (AvgIpc) is 1.31. The Labute approximate surface area is 517 Å². The summed E-state index contributed by atoms with van der Waals surface area (Å²) in [5, 5.41) is 62.2. The maximum atomic E-state index is 10.6. The van der Waals surface area contributed by atoms with Crippen LogP contribution in [0.4, 0.5) is 0 Å². The van der Waals surface area contributed by atoms with Gasteiger partial charge in [-0.25, -0.2) is 0 Å². The van der Waals surface area contributed by atoms with Crippen molar-refractivity contribution in [3.05, 3.63) is 0 Å². The normalized spacial score (nSPS) is 50.9. The van der Waals surface area contributed by atoms with E-state index in [2.05, 4.69) is 62.3 Å². The van der Waals surface area contributed by atoms with Gasteiger partial charge in [-0.3, -0.25) is 0 Å². The fourth-order valence-electron chi connectivity index (χ4n) is 23.9. The molecule has 0 heterocycles. The van der Waals surface area contributed by atoms with Crippen LogP contribution in [0.2, 0.25) is 0 Å². The van der Waals surface area contributed by atoms with Crippen LogP contribution < -0.4 is 0 Å². The SMILES string of the molecule is C.C.C.CC(C)(O)CO[C@H]1CC[C@H]2[C@@H]3CC[C@@H]4C[C@@](C)(O)CC[C@]4(C)[C@H]3CC[C@]12C.CC(C)(O)CO[C@H]1CC[C@H]2[C@@H]3CC[C@H]4C[C@@](C)(O)CC[C@]4(C)[C@H]3CC[C@]12C.CC(C)(O)CO[C@H]1CC[C@H]2[C@@H]3CC[C@H]4C[C@@](C)(O)CC[C@]4(C)[C@H]3CC[C@]12C. The first-order valence-electron chi connectivity index (χ1n) is 34.5. The number of rotatable bonds is 9. The molecular weight excluding hydrogens is 1040 g/mol. The summed E-state index contributed by atoms with van der Waals surface area (Å²) in [6, 6.07) is 0. The van der Waals surface area contributed by atoms with Gasteiger partial charge in [0.15, 0.2) is 0 Å². The van der Waals surface area contributed by atoms with E-state index in [0.717, 1.165) is 111 Å². The van der Waals surface area contributed by atoms with E-state index in [1.807, 2.05) is 41.5 Å². The summed E-state index contributed by atoms with van der Waals surface area (Å²) in [5.41, 5.74) is -1.39. The highest BCUT2D eigenvalue weighted by molar-refractivity contribution is 5.14. The quantitative estimate of drug-likeness (QED) is 0.133. The first-order valence-corrected chi connectivity index (χ1v) is 34.5. The second-order valence-corrected chi connectivity index (χ2v) is 36.3. The van der Waals surface area contributed by atoms with Crippen molar-refractivity contribution in [3.8, 4) is 0 Å². The molecule has 0 aromatic rings. The van der Waals surface area contributed by atoms with Crippen LogP contribution in [-0.2, 0) is 14.2 Å². The highest BCUT2D eigenvalue weighted by Crippen LogP contribution is 2.71. The molecule has 12 aliphatic carbocycles. The molecule has 12 fully saturated rings. The summed E-state index contributed by atoms with van der Waals surface area (Å²) in [5.74, 6) is 9.46. The van der Waals surface area contributed by atoms with Crippen LogP contribution >= 0.6 is 0 Å². The molecule has 492 valence electrons. The average molecular weight is 1180 g/mol. The molecule has 9 heteroatoms. The molecule has 0 unspecified atom stereocenters. The van der Waals surface area contributed by atoms with Crippen LogP contribution in [0.15, 0.2) is 0 Å². The van der Waals surface area contributed by atoms with Crippen LogP contribution in [0.1, 0.15) is 299 Å². The highest BCUT2D eigenvalue weighted by Gasteiger charge is 2.65. The number of aliphatic hydroxyl groups is 6. The van der Waals surface area contributed by atoms with E-state index in [-0.39, 0.29) is 38.5 Å². The Bertz CT molecular complexity index is 1930. The van der Waals surface area contributed by atoms with Gasteiger partial charge >= 0.3 is 0 Å². The minimum absolute atomic E-state index is 0. The number of hydrogen-bond acceptors (Lipinski definition) is 9. The zero-order valence-corrected chi connectivity index (χ0v) is 54.8. The Morgan fingerprint density at radius 1 is 0.298 bits per heavy atom. The van der Waals surface area contributed by atoms with Gasteiger partial charge in [-0.2, -0.15) is 0 Å². The van der Waals surface area contributed by atoms with Gasteiger partial charge in [-0.15, -0.1) is 0 Å². The predicted octanol–water partition coefficient (Wildman–Crippen LogP) is 16.7. The second-order valence-electron chi connectivity index (χ2n) is 36.3. The van der Waals surface area contributed by atoms with Crippen molar-refractivity contribution in [2.45, 2.75) is 351 Å². The summed E-state index contributed by atoms with van der Waals surface area (Å²) in [6.45, 7) is 33.7. The molecule has 9 nitrogen and oxygen atoms in total. The van der Waals surface area contributed by atoms with Crippen LogP contribution in [0, 0.1) is 104 Å². The fourth-order valence-corrected chi connectivity index (χ4v) is 23.9. The maximum absolute atomic E-state index is 10.6. The lowest BCUT2D eigenvalue weighted by atomic mass is 9.44. The topological polar surface area (TPSA) is 149 Å². The van der Waals surface area contributed by atoms with Gasteiger partial charge in [-0.1, -0.05) is 63.8 Å². The summed E-state index contributed by atoms with van der Waals surface area (Å²) in [6.07, 6.45) is 33.6. The molecule has 12 aliphatic rings. The molecular formula is C75H138O9. The lowest BCUT2D eigenvalue weighted by Crippen LogP contribution is -2.56. The number of fused-ring (bicyclic) bond motifs is 15. The van der Waals surface area contributed by atoms with Gasteiger partial charge < -0.3 is 44.8 Å². The standard InChI is InChI=1S/3C24H42O3.3CH4/c3*1-21(2,25)15-27-20-9-8-18-17-7-6-16-14-22(3,26)12-13-23(16,4)19(17)10-11-24(18,20)5;;;/h3*16-20,25-26H,6-15H2,1-5H3;3*1H4/t16-,17+,18+,19+,20+,22+,23+,24+;2*16-,17-,18-,19-,20-,22-,23-,24-;;;/m100.../s1. The lowest BCUT2D eigenvalue weighted by molar-refractivity contribution is -0.161. The van der Waals surface area contributed by atoms with Crippen molar-refractivity contribution in [1.29, 1.82) is 0 Å². The van der Waals surface area contributed by atoms with E-state index >= 15 is 0 Å². The van der Waals surface area contributed by atoms with Crippen LogP contribution in [0.5, 0.6) is 0 Å². The van der Waals surface area contributed by atoms with Crippen LogP contribution in [0.25, 0.3) is 0 Å². The smallest absolute Gasteiger partial charge is 0.0824 e. The van der Waals surface area contributed by atoms with Gasteiger partial charge in [0.1, 0.15) is 0 Å². The van der Waals surface area contributed by atoms with E-state index < -0.39 is 33.6 Å². The molecule has 0 aromatic heterocycles. The third-order valence-electron chi connectivity index (χ3n) is 28.5. The molecule has 0 radical (unpaired) electrons. The highest BCUT2D eigenvalue weighted by atomic mass is 16.5. The number of hydrogen-bond donors (Lipinski definition) is 6. The van der Waals surface area contributed by atoms with Crippen molar-refractivity contribution >= 4 is 0 Å². The van der Waals surface area contributed by atoms with Gasteiger partial charge in [0.05, 0.1) is 71.7 Å². The second kappa shape index (κ2) is 24.6. The predicted molar refractivity (Wildman–Crippen MR) is 345 cm³/mol. The molecule has 84 heavy (non-hydrogen) atoms. The van der Waals surface area contributed by atoms with Crippen molar-refractivity contribution in [1.82, 2.24) is 0 Å². The zero-order chi connectivity index (χ0) is 59.0. The first-order chi connectivity index (χ1) is 37.3. The van der Waals surface area contributed by atoms with Crippen molar-refractivity contribution in [3.63, 3.8) is 0 Å². The van der Waals surface area contributed by atoms with Crippen molar-refractivity contribution < 1.29 is 44.8 Å². The summed E-state index contributed by atoms with van der Waals surface area (Å²) >= 11 is 0. The maximum Gasteiger partial charge on any atom is 0.0824 e. The summed E-state index contributed by atoms with van der Waals surface area (Å²) in [4.78, 5) is 0.